The van der Waals surface area contributed by atoms with Gasteiger partial charge in [0.1, 0.15) is 5.75 Å². The Hall–Kier alpha value is -2.34. The van der Waals surface area contributed by atoms with E-state index in [1.165, 1.54) is 12.1 Å². The highest BCUT2D eigenvalue weighted by atomic mass is 19.3. The summed E-state index contributed by atoms with van der Waals surface area (Å²) in [5, 5.41) is 0. The van der Waals surface area contributed by atoms with Gasteiger partial charge in [0.2, 0.25) is 0 Å². The second-order valence-electron chi connectivity index (χ2n) is 3.87. The van der Waals surface area contributed by atoms with Crippen LogP contribution in [0.5, 0.6) is 5.75 Å². The summed E-state index contributed by atoms with van der Waals surface area (Å²) >= 11 is 0. The maximum absolute atomic E-state index is 12.0. The molecule has 0 spiro atoms. The van der Waals surface area contributed by atoms with E-state index in [9.17, 15) is 8.78 Å². The maximum Gasteiger partial charge on any atom is 0.387 e. The molecule has 0 saturated heterocycles. The first-order valence-corrected chi connectivity index (χ1v) is 5.82. The third kappa shape index (κ3) is 4.44. The molecular weight excluding hydrogens is 246 g/mol. The minimum atomic E-state index is -2.79. The molecule has 1 nitrogen and oxygen atoms in total. The number of rotatable bonds is 3. The summed E-state index contributed by atoms with van der Waals surface area (Å²) in [6.07, 6.45) is 0.573. The monoisotopic (exact) mass is 258 g/mol. The Morgan fingerprint density at radius 2 is 1.63 bits per heavy atom. The van der Waals surface area contributed by atoms with Crippen LogP contribution >= 0.6 is 0 Å². The van der Waals surface area contributed by atoms with Gasteiger partial charge in [-0.3, -0.25) is 0 Å². The number of alkyl halides is 2. The highest BCUT2D eigenvalue weighted by molar-refractivity contribution is 5.36. The largest absolute Gasteiger partial charge is 0.435 e. The molecule has 0 aliphatic carbocycles. The van der Waals surface area contributed by atoms with E-state index < -0.39 is 6.61 Å². The topological polar surface area (TPSA) is 9.23 Å². The highest BCUT2D eigenvalue weighted by Gasteiger charge is 2.02. The van der Waals surface area contributed by atoms with Crippen molar-refractivity contribution in [2.75, 3.05) is 0 Å². The first-order chi connectivity index (χ1) is 9.24. The van der Waals surface area contributed by atoms with Gasteiger partial charge in [-0.05, 0) is 29.8 Å². The molecule has 0 amide bonds. The summed E-state index contributed by atoms with van der Waals surface area (Å²) in [4.78, 5) is 0. The first-order valence-electron chi connectivity index (χ1n) is 5.82. The smallest absolute Gasteiger partial charge is 0.387 e. The van der Waals surface area contributed by atoms with Crippen LogP contribution in [0.1, 0.15) is 11.1 Å². The summed E-state index contributed by atoms with van der Waals surface area (Å²) in [6, 6.07) is 16.2. The SMILES string of the molecule is FC(F)Oc1ccc(CC#Cc2ccccc2)cc1. The Morgan fingerprint density at radius 1 is 0.947 bits per heavy atom. The maximum atomic E-state index is 12.0. The molecule has 0 aliphatic heterocycles. The molecule has 0 radical (unpaired) electrons. The van der Waals surface area contributed by atoms with Crippen LogP contribution < -0.4 is 4.74 Å². The van der Waals surface area contributed by atoms with Crippen LogP contribution in [0.3, 0.4) is 0 Å². The van der Waals surface area contributed by atoms with Gasteiger partial charge in [0.25, 0.3) is 0 Å². The van der Waals surface area contributed by atoms with Gasteiger partial charge in [0, 0.05) is 12.0 Å². The van der Waals surface area contributed by atoms with E-state index in [0.29, 0.717) is 6.42 Å². The van der Waals surface area contributed by atoms with E-state index in [1.54, 1.807) is 12.1 Å². The van der Waals surface area contributed by atoms with Crippen LogP contribution in [-0.4, -0.2) is 6.61 Å². The summed E-state index contributed by atoms with van der Waals surface area (Å²) < 4.78 is 28.2. The van der Waals surface area contributed by atoms with Gasteiger partial charge < -0.3 is 4.74 Å². The van der Waals surface area contributed by atoms with Crippen molar-refractivity contribution in [2.45, 2.75) is 13.0 Å². The fourth-order valence-corrected chi connectivity index (χ4v) is 1.56. The van der Waals surface area contributed by atoms with E-state index in [0.717, 1.165) is 11.1 Å². The number of hydrogen-bond donors (Lipinski definition) is 0. The molecule has 0 saturated carbocycles. The molecule has 0 unspecified atom stereocenters. The van der Waals surface area contributed by atoms with E-state index in [1.807, 2.05) is 30.3 Å². The van der Waals surface area contributed by atoms with Gasteiger partial charge in [-0.2, -0.15) is 8.78 Å². The lowest BCUT2D eigenvalue weighted by Gasteiger charge is -2.04. The van der Waals surface area contributed by atoms with Crippen LogP contribution in [0.2, 0.25) is 0 Å². The lowest BCUT2D eigenvalue weighted by molar-refractivity contribution is -0.0498. The Balaban J connectivity index is 1.95. The Labute approximate surface area is 110 Å². The fraction of sp³-hybridized carbons (Fsp3) is 0.125. The van der Waals surface area contributed by atoms with Crippen LogP contribution in [0.15, 0.2) is 54.6 Å². The normalized spacial score (nSPS) is 9.84. The molecule has 0 aliphatic rings. The third-order valence-electron chi connectivity index (χ3n) is 2.45. The van der Waals surface area contributed by atoms with Gasteiger partial charge in [-0.1, -0.05) is 42.2 Å². The predicted molar refractivity (Wildman–Crippen MR) is 70.1 cm³/mol. The molecule has 0 aromatic heterocycles. The van der Waals surface area contributed by atoms with Crippen molar-refractivity contribution >= 4 is 0 Å². The number of ether oxygens (including phenoxy) is 1. The van der Waals surface area contributed by atoms with Crippen LogP contribution in [-0.2, 0) is 6.42 Å². The number of halogens is 2. The Bertz CT molecular complexity index is 565. The molecule has 0 fully saturated rings. The van der Waals surface area contributed by atoms with Crippen molar-refractivity contribution < 1.29 is 13.5 Å². The third-order valence-corrected chi connectivity index (χ3v) is 2.45. The summed E-state index contributed by atoms with van der Waals surface area (Å²) in [5.74, 6) is 6.24. The molecule has 3 heteroatoms. The second-order valence-corrected chi connectivity index (χ2v) is 3.87. The summed E-state index contributed by atoms with van der Waals surface area (Å²) in [6.45, 7) is -2.79. The fourth-order valence-electron chi connectivity index (χ4n) is 1.56. The van der Waals surface area contributed by atoms with Crippen molar-refractivity contribution in [3.05, 3.63) is 65.7 Å². The molecule has 0 heterocycles. The van der Waals surface area contributed by atoms with E-state index in [2.05, 4.69) is 16.6 Å². The van der Waals surface area contributed by atoms with E-state index >= 15 is 0 Å². The van der Waals surface area contributed by atoms with Gasteiger partial charge >= 0.3 is 6.61 Å². The zero-order chi connectivity index (χ0) is 13.5. The standard InChI is InChI=1S/C16H12F2O/c17-16(18)19-15-11-9-14(10-12-15)8-4-7-13-5-2-1-3-6-13/h1-3,5-6,9-12,16H,8H2. The molecule has 0 atom stereocenters. The van der Waals surface area contributed by atoms with Gasteiger partial charge in [0.15, 0.2) is 0 Å². The second kappa shape index (κ2) is 6.55. The zero-order valence-electron chi connectivity index (χ0n) is 10.1. The molecule has 19 heavy (non-hydrogen) atoms. The highest BCUT2D eigenvalue weighted by Crippen LogP contribution is 2.14. The van der Waals surface area contributed by atoms with Crippen molar-refractivity contribution in [2.24, 2.45) is 0 Å². The Kier molecular flexibility index (Phi) is 4.52. The molecular formula is C16H12F2O. The predicted octanol–water partition coefficient (Wildman–Crippen LogP) is 3.88. The number of benzene rings is 2. The average Bonchev–Trinajstić information content (AvgIpc) is 2.41. The molecule has 2 rings (SSSR count). The van der Waals surface area contributed by atoms with Crippen LogP contribution in [0.25, 0.3) is 0 Å². The first kappa shape index (κ1) is 13.1. The van der Waals surface area contributed by atoms with Crippen molar-refractivity contribution in [3.63, 3.8) is 0 Å². The van der Waals surface area contributed by atoms with Crippen molar-refractivity contribution in [3.8, 4) is 17.6 Å². The quantitative estimate of drug-likeness (QED) is 0.759. The van der Waals surface area contributed by atoms with Gasteiger partial charge in [0.05, 0.1) is 0 Å². The summed E-state index contributed by atoms with van der Waals surface area (Å²) in [7, 11) is 0. The van der Waals surface area contributed by atoms with Gasteiger partial charge in [-0.15, -0.1) is 0 Å². The average molecular weight is 258 g/mol. The lowest BCUT2D eigenvalue weighted by atomic mass is 10.1. The molecule has 2 aromatic carbocycles. The summed E-state index contributed by atoms with van der Waals surface area (Å²) in [5.41, 5.74) is 1.92. The van der Waals surface area contributed by atoms with Crippen molar-refractivity contribution in [1.29, 1.82) is 0 Å². The minimum absolute atomic E-state index is 0.162. The van der Waals surface area contributed by atoms with Gasteiger partial charge in [-0.25, -0.2) is 0 Å². The zero-order valence-corrected chi connectivity index (χ0v) is 10.1. The van der Waals surface area contributed by atoms with Crippen LogP contribution in [0, 0.1) is 11.8 Å². The van der Waals surface area contributed by atoms with E-state index in [-0.39, 0.29) is 5.75 Å². The molecule has 96 valence electrons. The van der Waals surface area contributed by atoms with Crippen molar-refractivity contribution in [1.82, 2.24) is 0 Å². The lowest BCUT2D eigenvalue weighted by Crippen LogP contribution is -2.01. The minimum Gasteiger partial charge on any atom is -0.435 e. The molecule has 0 N–H and O–H groups in total. The number of hydrogen-bond acceptors (Lipinski definition) is 1. The molecule has 0 bridgehead atoms. The molecule has 2 aromatic rings. The van der Waals surface area contributed by atoms with E-state index in [4.69, 9.17) is 0 Å². The van der Waals surface area contributed by atoms with Crippen LogP contribution in [0.4, 0.5) is 8.78 Å². The Morgan fingerprint density at radius 3 is 2.26 bits per heavy atom.